The van der Waals surface area contributed by atoms with Gasteiger partial charge in [-0.25, -0.2) is 8.78 Å². The number of ketones is 1. The van der Waals surface area contributed by atoms with Gasteiger partial charge in [-0.3, -0.25) is 9.59 Å². The molecule has 0 aliphatic carbocycles. The molecule has 0 radical (unpaired) electrons. The van der Waals surface area contributed by atoms with E-state index < -0.39 is 11.6 Å². The van der Waals surface area contributed by atoms with E-state index in [1.165, 1.54) is 0 Å². The minimum Gasteiger partial charge on any atom is -0.325 e. The van der Waals surface area contributed by atoms with E-state index in [4.69, 9.17) is 0 Å². The van der Waals surface area contributed by atoms with Crippen LogP contribution in [-0.2, 0) is 4.79 Å². The van der Waals surface area contributed by atoms with Crippen LogP contribution in [0.15, 0.2) is 41.3 Å². The Labute approximate surface area is 136 Å². The number of hydrogen-bond donors (Lipinski definition) is 1. The predicted octanol–water partition coefficient (Wildman–Crippen LogP) is 4.00. The van der Waals surface area contributed by atoms with Gasteiger partial charge in [0.1, 0.15) is 11.6 Å². The van der Waals surface area contributed by atoms with Crippen molar-refractivity contribution in [2.24, 2.45) is 0 Å². The van der Waals surface area contributed by atoms with Crippen molar-refractivity contribution >= 4 is 29.1 Å². The Kier molecular flexibility index (Phi) is 4.17. The number of fused-ring (bicyclic) bond motifs is 1. The maximum atomic E-state index is 13.6. The third-order valence-corrected chi connectivity index (χ3v) is 4.77. The SMILES string of the molecule is C[C@H]1C(=O)Nc2ccc(C(=O)CSc3cc(F)ccc3F)cc21. The lowest BCUT2D eigenvalue weighted by atomic mass is 9.99. The number of amides is 1. The Morgan fingerprint density at radius 3 is 2.78 bits per heavy atom. The van der Waals surface area contributed by atoms with Gasteiger partial charge in [0.15, 0.2) is 5.78 Å². The first-order valence-electron chi connectivity index (χ1n) is 7.01. The summed E-state index contributed by atoms with van der Waals surface area (Å²) in [6, 6.07) is 8.15. The van der Waals surface area contributed by atoms with E-state index in [-0.39, 0.29) is 28.3 Å². The van der Waals surface area contributed by atoms with Crippen LogP contribution in [0.3, 0.4) is 0 Å². The highest BCUT2D eigenvalue weighted by Gasteiger charge is 2.27. The molecule has 6 heteroatoms. The molecule has 1 atom stereocenters. The number of anilines is 1. The number of halogens is 2. The smallest absolute Gasteiger partial charge is 0.231 e. The van der Waals surface area contributed by atoms with Crippen molar-refractivity contribution in [3.05, 3.63) is 59.2 Å². The largest absolute Gasteiger partial charge is 0.325 e. The second-order valence-electron chi connectivity index (χ2n) is 5.30. The molecule has 1 N–H and O–H groups in total. The number of benzene rings is 2. The first-order chi connectivity index (χ1) is 11.0. The summed E-state index contributed by atoms with van der Waals surface area (Å²) in [7, 11) is 0. The van der Waals surface area contributed by atoms with Crippen LogP contribution in [0, 0.1) is 11.6 Å². The summed E-state index contributed by atoms with van der Waals surface area (Å²) in [6.07, 6.45) is 0. The molecule has 1 aliphatic rings. The molecule has 0 aromatic heterocycles. The zero-order valence-electron chi connectivity index (χ0n) is 12.2. The van der Waals surface area contributed by atoms with Gasteiger partial charge in [0.2, 0.25) is 5.91 Å². The highest BCUT2D eigenvalue weighted by atomic mass is 32.2. The zero-order valence-corrected chi connectivity index (χ0v) is 13.0. The maximum absolute atomic E-state index is 13.6. The van der Waals surface area contributed by atoms with Crippen molar-refractivity contribution in [3.63, 3.8) is 0 Å². The van der Waals surface area contributed by atoms with Crippen LogP contribution in [0.4, 0.5) is 14.5 Å². The molecular weight excluding hydrogens is 320 g/mol. The summed E-state index contributed by atoms with van der Waals surface area (Å²) in [4.78, 5) is 24.0. The molecule has 0 unspecified atom stereocenters. The monoisotopic (exact) mass is 333 g/mol. The molecule has 1 amide bonds. The second-order valence-corrected chi connectivity index (χ2v) is 6.32. The van der Waals surface area contributed by atoms with Crippen molar-refractivity contribution in [3.8, 4) is 0 Å². The molecule has 2 aromatic carbocycles. The number of nitrogens with one attached hydrogen (secondary N) is 1. The summed E-state index contributed by atoms with van der Waals surface area (Å²) in [5.74, 6) is -1.70. The lowest BCUT2D eigenvalue weighted by Crippen LogP contribution is -2.08. The van der Waals surface area contributed by atoms with Crippen molar-refractivity contribution in [2.45, 2.75) is 17.7 Å². The van der Waals surface area contributed by atoms with Gasteiger partial charge in [0.05, 0.1) is 11.7 Å². The van der Waals surface area contributed by atoms with Crippen LogP contribution < -0.4 is 5.32 Å². The standard InChI is InChI=1S/C17H13F2NO2S/c1-9-12-6-10(2-5-14(12)20-17(9)22)15(21)8-23-16-7-11(18)3-4-13(16)19/h2-7,9H,8H2,1H3,(H,20,22)/t9-/m1/s1. The number of carbonyl (C=O) groups is 2. The van der Waals surface area contributed by atoms with E-state index in [1.54, 1.807) is 25.1 Å². The zero-order chi connectivity index (χ0) is 16.6. The maximum Gasteiger partial charge on any atom is 0.231 e. The molecule has 1 heterocycles. The van der Waals surface area contributed by atoms with Crippen LogP contribution in [0.2, 0.25) is 0 Å². The van der Waals surface area contributed by atoms with Crippen molar-refractivity contribution in [1.29, 1.82) is 0 Å². The minimum atomic E-state index is -0.554. The number of Topliss-reactive ketones (excluding diaryl/α,β-unsaturated/α-hetero) is 1. The highest BCUT2D eigenvalue weighted by molar-refractivity contribution is 8.00. The molecule has 0 bridgehead atoms. The first kappa shape index (κ1) is 15.7. The number of rotatable bonds is 4. The Bertz CT molecular complexity index is 807. The topological polar surface area (TPSA) is 46.2 Å². The van der Waals surface area contributed by atoms with Crippen LogP contribution in [0.1, 0.15) is 28.8 Å². The molecule has 3 nitrogen and oxygen atoms in total. The molecule has 0 spiro atoms. The molecule has 0 fully saturated rings. The van der Waals surface area contributed by atoms with Gasteiger partial charge in [-0.1, -0.05) is 0 Å². The fraction of sp³-hybridized carbons (Fsp3) is 0.176. The van der Waals surface area contributed by atoms with E-state index in [1.807, 2.05) is 0 Å². The predicted molar refractivity (Wildman–Crippen MR) is 84.9 cm³/mol. The van der Waals surface area contributed by atoms with Gasteiger partial charge in [-0.15, -0.1) is 11.8 Å². The molecule has 0 saturated heterocycles. The molecule has 2 aromatic rings. The van der Waals surface area contributed by atoms with Gasteiger partial charge in [0.25, 0.3) is 0 Å². The van der Waals surface area contributed by atoms with Gasteiger partial charge in [-0.2, -0.15) is 0 Å². The van der Waals surface area contributed by atoms with Crippen LogP contribution in [0.25, 0.3) is 0 Å². The summed E-state index contributed by atoms with van der Waals surface area (Å²) >= 11 is 0.952. The van der Waals surface area contributed by atoms with E-state index in [0.29, 0.717) is 11.3 Å². The van der Waals surface area contributed by atoms with Crippen LogP contribution in [-0.4, -0.2) is 17.4 Å². The minimum absolute atomic E-state index is 0.00504. The Hall–Kier alpha value is -2.21. The van der Waals surface area contributed by atoms with Gasteiger partial charge >= 0.3 is 0 Å². The summed E-state index contributed by atoms with van der Waals surface area (Å²) in [5, 5.41) is 2.74. The Morgan fingerprint density at radius 2 is 2.00 bits per heavy atom. The fourth-order valence-electron chi connectivity index (χ4n) is 2.40. The second kappa shape index (κ2) is 6.12. The van der Waals surface area contributed by atoms with Crippen molar-refractivity contribution < 1.29 is 18.4 Å². The molecule has 118 valence electrons. The molecule has 0 saturated carbocycles. The molecule has 23 heavy (non-hydrogen) atoms. The van der Waals surface area contributed by atoms with Crippen LogP contribution in [0.5, 0.6) is 0 Å². The third kappa shape index (κ3) is 3.12. The number of carbonyl (C=O) groups excluding carboxylic acids is 2. The normalized spacial score (nSPS) is 16.1. The summed E-state index contributed by atoms with van der Waals surface area (Å²) in [5.41, 5.74) is 1.95. The van der Waals surface area contributed by atoms with E-state index in [2.05, 4.69) is 5.32 Å². The quantitative estimate of drug-likeness (QED) is 0.680. The summed E-state index contributed by atoms with van der Waals surface area (Å²) in [6.45, 7) is 1.77. The number of thioether (sulfide) groups is 1. The summed E-state index contributed by atoms with van der Waals surface area (Å²) < 4.78 is 26.7. The van der Waals surface area contributed by atoms with Crippen LogP contribution >= 0.6 is 11.8 Å². The molecule has 3 rings (SSSR count). The van der Waals surface area contributed by atoms with E-state index in [9.17, 15) is 18.4 Å². The van der Waals surface area contributed by atoms with Gasteiger partial charge < -0.3 is 5.32 Å². The van der Waals surface area contributed by atoms with Crippen molar-refractivity contribution in [1.82, 2.24) is 0 Å². The first-order valence-corrected chi connectivity index (χ1v) is 8.00. The van der Waals surface area contributed by atoms with Gasteiger partial charge in [0, 0.05) is 16.1 Å². The lowest BCUT2D eigenvalue weighted by molar-refractivity contribution is -0.116. The molecule has 1 aliphatic heterocycles. The third-order valence-electron chi connectivity index (χ3n) is 3.74. The van der Waals surface area contributed by atoms with E-state index in [0.717, 1.165) is 35.5 Å². The Morgan fingerprint density at radius 1 is 1.22 bits per heavy atom. The Balaban J connectivity index is 1.75. The average Bonchev–Trinajstić information content (AvgIpc) is 2.82. The average molecular weight is 333 g/mol. The highest BCUT2D eigenvalue weighted by Crippen LogP contribution is 2.33. The lowest BCUT2D eigenvalue weighted by Gasteiger charge is -2.06. The molecular formula is C17H13F2NO2S. The fourth-order valence-corrected chi connectivity index (χ4v) is 3.26. The van der Waals surface area contributed by atoms with E-state index >= 15 is 0 Å². The number of hydrogen-bond acceptors (Lipinski definition) is 3. The van der Waals surface area contributed by atoms with Gasteiger partial charge in [-0.05, 0) is 48.9 Å². The van der Waals surface area contributed by atoms with Crippen molar-refractivity contribution in [2.75, 3.05) is 11.1 Å².